The van der Waals surface area contributed by atoms with Gasteiger partial charge in [-0.3, -0.25) is 9.36 Å². The number of imidazole rings is 1. The summed E-state index contributed by atoms with van der Waals surface area (Å²) in [5.74, 6) is 0. The highest BCUT2D eigenvalue weighted by Crippen LogP contribution is 2.12. The molecular formula is C11H16N4O. The molecule has 2 heterocycles. The van der Waals surface area contributed by atoms with Crippen LogP contribution < -0.4 is 5.56 Å². The lowest BCUT2D eigenvalue weighted by atomic mass is 10.3. The van der Waals surface area contributed by atoms with Gasteiger partial charge in [0, 0.05) is 12.1 Å². The SMILES string of the molecule is CC(C)n1cnc2ncn(C(C)C)c2c1=O. The molecule has 0 saturated carbocycles. The van der Waals surface area contributed by atoms with Crippen LogP contribution in [0.3, 0.4) is 0 Å². The van der Waals surface area contributed by atoms with Gasteiger partial charge >= 0.3 is 0 Å². The molecule has 5 nitrogen and oxygen atoms in total. The quantitative estimate of drug-likeness (QED) is 0.774. The van der Waals surface area contributed by atoms with E-state index in [0.717, 1.165) is 0 Å². The molecule has 0 fully saturated rings. The summed E-state index contributed by atoms with van der Waals surface area (Å²) in [6.07, 6.45) is 3.24. The second kappa shape index (κ2) is 3.73. The lowest BCUT2D eigenvalue weighted by Crippen LogP contribution is -2.24. The zero-order valence-electron chi connectivity index (χ0n) is 10.0. The Hall–Kier alpha value is -1.65. The van der Waals surface area contributed by atoms with Gasteiger partial charge in [-0.25, -0.2) is 9.97 Å². The van der Waals surface area contributed by atoms with Gasteiger partial charge in [0.05, 0.1) is 6.33 Å². The van der Waals surface area contributed by atoms with E-state index in [1.54, 1.807) is 17.2 Å². The Balaban J connectivity index is 2.81. The third-order valence-corrected chi connectivity index (χ3v) is 2.63. The van der Waals surface area contributed by atoms with Crippen LogP contribution in [-0.4, -0.2) is 19.1 Å². The lowest BCUT2D eigenvalue weighted by Gasteiger charge is -2.11. The number of fused-ring (bicyclic) bond motifs is 1. The molecule has 0 unspecified atom stereocenters. The van der Waals surface area contributed by atoms with Gasteiger partial charge in [0.2, 0.25) is 0 Å². The molecule has 0 N–H and O–H groups in total. The fourth-order valence-electron chi connectivity index (χ4n) is 1.70. The van der Waals surface area contributed by atoms with Crippen molar-refractivity contribution in [2.45, 2.75) is 39.8 Å². The summed E-state index contributed by atoms with van der Waals surface area (Å²) in [6, 6.07) is 0.322. The Kier molecular flexibility index (Phi) is 2.53. The summed E-state index contributed by atoms with van der Waals surface area (Å²) in [6.45, 7) is 7.97. The molecule has 5 heteroatoms. The van der Waals surface area contributed by atoms with Crippen molar-refractivity contribution >= 4 is 11.2 Å². The van der Waals surface area contributed by atoms with Crippen molar-refractivity contribution in [2.24, 2.45) is 0 Å². The molecule has 16 heavy (non-hydrogen) atoms. The topological polar surface area (TPSA) is 52.7 Å². The minimum atomic E-state index is -0.0220. The predicted octanol–water partition coefficient (Wildman–Crippen LogP) is 1.75. The van der Waals surface area contributed by atoms with Crippen molar-refractivity contribution < 1.29 is 0 Å². The van der Waals surface area contributed by atoms with E-state index in [1.807, 2.05) is 32.3 Å². The highest BCUT2D eigenvalue weighted by Gasteiger charge is 2.13. The van der Waals surface area contributed by atoms with Crippen molar-refractivity contribution in [3.63, 3.8) is 0 Å². The van der Waals surface area contributed by atoms with Crippen LogP contribution in [0.1, 0.15) is 39.8 Å². The predicted molar refractivity (Wildman–Crippen MR) is 62.6 cm³/mol. The average Bonchev–Trinajstić information content (AvgIpc) is 2.61. The Morgan fingerprint density at radius 3 is 2.00 bits per heavy atom. The van der Waals surface area contributed by atoms with Crippen molar-refractivity contribution in [3.05, 3.63) is 23.0 Å². The first-order valence-corrected chi connectivity index (χ1v) is 5.46. The normalized spacial score (nSPS) is 11.9. The van der Waals surface area contributed by atoms with E-state index >= 15 is 0 Å². The molecule has 0 bridgehead atoms. The summed E-state index contributed by atoms with van der Waals surface area (Å²) >= 11 is 0. The van der Waals surface area contributed by atoms with Gasteiger partial charge in [0.25, 0.3) is 5.56 Å². The van der Waals surface area contributed by atoms with Gasteiger partial charge in [-0.1, -0.05) is 0 Å². The van der Waals surface area contributed by atoms with Gasteiger partial charge in [-0.2, -0.15) is 0 Å². The van der Waals surface area contributed by atoms with Gasteiger partial charge in [0.1, 0.15) is 6.33 Å². The van der Waals surface area contributed by atoms with Crippen LogP contribution >= 0.6 is 0 Å². The number of aromatic nitrogens is 4. The van der Waals surface area contributed by atoms with E-state index in [1.165, 1.54) is 0 Å². The second-order valence-electron chi connectivity index (χ2n) is 4.47. The third kappa shape index (κ3) is 1.52. The van der Waals surface area contributed by atoms with Crippen molar-refractivity contribution in [2.75, 3.05) is 0 Å². The van der Waals surface area contributed by atoms with Gasteiger partial charge < -0.3 is 4.57 Å². The molecule has 0 spiro atoms. The molecule has 0 amide bonds. The molecule has 2 rings (SSSR count). The van der Waals surface area contributed by atoms with E-state index in [0.29, 0.717) is 11.2 Å². The van der Waals surface area contributed by atoms with Gasteiger partial charge in [-0.05, 0) is 27.7 Å². The summed E-state index contributed by atoms with van der Waals surface area (Å²) in [4.78, 5) is 20.6. The van der Waals surface area contributed by atoms with Crippen molar-refractivity contribution in [1.29, 1.82) is 0 Å². The molecule has 0 aliphatic rings. The summed E-state index contributed by atoms with van der Waals surface area (Å²) in [7, 11) is 0. The Morgan fingerprint density at radius 2 is 1.50 bits per heavy atom. The standard InChI is InChI=1S/C11H16N4O/c1-7(2)14-5-12-10-9(14)11(16)15(6-13-10)8(3)4/h5-8H,1-4H3. The number of nitrogens with zero attached hydrogens (tertiary/aromatic N) is 4. The van der Waals surface area contributed by atoms with Crippen LogP contribution in [0, 0.1) is 0 Å². The Morgan fingerprint density at radius 1 is 1.00 bits per heavy atom. The second-order valence-corrected chi connectivity index (χ2v) is 4.47. The van der Waals surface area contributed by atoms with Crippen LogP contribution in [0.5, 0.6) is 0 Å². The molecule has 2 aromatic heterocycles. The van der Waals surface area contributed by atoms with Crippen LogP contribution in [0.15, 0.2) is 17.4 Å². The van der Waals surface area contributed by atoms with E-state index in [9.17, 15) is 4.79 Å². The fraction of sp³-hybridized carbons (Fsp3) is 0.545. The molecule has 0 aromatic carbocycles. The molecule has 0 aliphatic heterocycles. The average molecular weight is 220 g/mol. The highest BCUT2D eigenvalue weighted by atomic mass is 16.1. The maximum absolute atomic E-state index is 12.2. The maximum Gasteiger partial charge on any atom is 0.279 e. The molecule has 0 aliphatic carbocycles. The number of rotatable bonds is 2. The zero-order valence-corrected chi connectivity index (χ0v) is 10.0. The third-order valence-electron chi connectivity index (χ3n) is 2.63. The van der Waals surface area contributed by atoms with Gasteiger partial charge in [-0.15, -0.1) is 0 Å². The van der Waals surface area contributed by atoms with Crippen LogP contribution in [0.25, 0.3) is 11.2 Å². The van der Waals surface area contributed by atoms with Gasteiger partial charge in [0.15, 0.2) is 11.2 Å². The molecular weight excluding hydrogens is 204 g/mol. The largest absolute Gasteiger partial charge is 0.322 e. The van der Waals surface area contributed by atoms with E-state index in [4.69, 9.17) is 0 Å². The number of hydrogen-bond donors (Lipinski definition) is 0. The molecule has 0 radical (unpaired) electrons. The molecule has 0 saturated heterocycles. The van der Waals surface area contributed by atoms with E-state index in [-0.39, 0.29) is 17.6 Å². The summed E-state index contributed by atoms with van der Waals surface area (Å²) in [5.41, 5.74) is 1.09. The zero-order chi connectivity index (χ0) is 11.9. The molecule has 86 valence electrons. The summed E-state index contributed by atoms with van der Waals surface area (Å²) in [5, 5.41) is 0. The first kappa shape index (κ1) is 10.9. The first-order valence-electron chi connectivity index (χ1n) is 5.46. The monoisotopic (exact) mass is 220 g/mol. The van der Waals surface area contributed by atoms with Crippen LogP contribution in [-0.2, 0) is 0 Å². The van der Waals surface area contributed by atoms with Crippen molar-refractivity contribution in [3.8, 4) is 0 Å². The maximum atomic E-state index is 12.2. The minimum absolute atomic E-state index is 0.0220. The first-order chi connectivity index (χ1) is 7.52. The van der Waals surface area contributed by atoms with Crippen LogP contribution in [0.4, 0.5) is 0 Å². The molecule has 2 aromatic rings. The van der Waals surface area contributed by atoms with Crippen molar-refractivity contribution in [1.82, 2.24) is 19.1 Å². The highest BCUT2D eigenvalue weighted by molar-refractivity contribution is 5.69. The Bertz CT molecular complexity index is 565. The van der Waals surface area contributed by atoms with Crippen LogP contribution in [0.2, 0.25) is 0 Å². The van der Waals surface area contributed by atoms with E-state index in [2.05, 4.69) is 9.97 Å². The fourth-order valence-corrected chi connectivity index (χ4v) is 1.70. The lowest BCUT2D eigenvalue weighted by molar-refractivity contribution is 0.563. The van der Waals surface area contributed by atoms with E-state index < -0.39 is 0 Å². The summed E-state index contributed by atoms with van der Waals surface area (Å²) < 4.78 is 3.49. The molecule has 0 atom stereocenters. The Labute approximate surface area is 93.8 Å². The number of hydrogen-bond acceptors (Lipinski definition) is 3. The smallest absolute Gasteiger partial charge is 0.279 e. The minimum Gasteiger partial charge on any atom is -0.322 e.